The minimum Gasteiger partial charge on any atom is -0.378 e. The fourth-order valence-corrected chi connectivity index (χ4v) is 5.49. The number of ether oxygens (including phenoxy) is 1. The second-order valence-corrected chi connectivity index (χ2v) is 10.9. The average molecular weight is 565 g/mol. The zero-order valence-corrected chi connectivity index (χ0v) is 20.3. The summed E-state index contributed by atoms with van der Waals surface area (Å²) in [5, 5.41) is 7.71. The first-order valence-electron chi connectivity index (χ1n) is 10.4. The maximum absolute atomic E-state index is 13.1. The second-order valence-electron chi connectivity index (χ2n) is 7.81. The normalized spacial score (nSPS) is 16.8. The van der Waals surface area contributed by atoms with Crippen molar-refractivity contribution < 1.29 is 39.5 Å². The van der Waals surface area contributed by atoms with Crippen LogP contribution in [0.3, 0.4) is 0 Å². The van der Waals surface area contributed by atoms with Crippen LogP contribution in [0.5, 0.6) is 0 Å². The van der Waals surface area contributed by atoms with Gasteiger partial charge in [-0.1, -0.05) is 11.3 Å². The summed E-state index contributed by atoms with van der Waals surface area (Å²) >= 11 is 0.488. The number of H-pyrrole nitrogens is 1. The number of rotatable bonds is 9. The largest absolute Gasteiger partial charge is 0.427 e. The van der Waals surface area contributed by atoms with Gasteiger partial charge in [-0.05, 0) is 6.92 Å². The van der Waals surface area contributed by atoms with E-state index in [0.29, 0.717) is 11.3 Å². The molecular formula is C18H22F6N6O4S2. The SMILES string of the molecule is C[C@@H](COCCS(=O)(=O)N1CCN(c2ncc(C(F)(F)F)s2)CC1)Nc1cn[nH]c(=O)c1C(F)(F)F. The standard InChI is InChI=1S/C18H22F6N6O4S2/c1-11(27-12-8-26-28-15(31)14(12)18(22,23)24)10-34-6-7-36(32,33)30-4-2-29(3-5-30)16-25-9-13(35-16)17(19,20)21/h8-9,11H,2-7,10H2,1H3,(H2,27,28,31)/t11-/m0/s1. The maximum Gasteiger partial charge on any atom is 0.427 e. The Bertz CT molecular complexity index is 1190. The number of hydrogen-bond donors (Lipinski definition) is 2. The third-order valence-electron chi connectivity index (χ3n) is 5.07. The number of nitrogens with one attached hydrogen (secondary N) is 2. The molecule has 1 fully saturated rings. The first kappa shape index (κ1) is 28.1. The summed E-state index contributed by atoms with van der Waals surface area (Å²) in [5.41, 5.74) is -3.36. The number of aromatic nitrogens is 3. The molecule has 0 amide bonds. The molecule has 2 aromatic rings. The van der Waals surface area contributed by atoms with Crippen LogP contribution in [-0.2, 0) is 27.1 Å². The van der Waals surface area contributed by atoms with E-state index in [1.165, 1.54) is 11.2 Å². The lowest BCUT2D eigenvalue weighted by atomic mass is 10.2. The zero-order chi connectivity index (χ0) is 26.7. The van der Waals surface area contributed by atoms with E-state index in [-0.39, 0.29) is 44.5 Å². The maximum atomic E-state index is 13.1. The molecule has 1 atom stereocenters. The van der Waals surface area contributed by atoms with Crippen molar-refractivity contribution in [2.75, 3.05) is 55.4 Å². The molecule has 0 bridgehead atoms. The van der Waals surface area contributed by atoms with Crippen LogP contribution in [0.15, 0.2) is 17.2 Å². The molecule has 2 aromatic heterocycles. The molecule has 0 aliphatic carbocycles. The van der Waals surface area contributed by atoms with Gasteiger partial charge in [0.25, 0.3) is 5.56 Å². The number of thiazole rings is 1. The van der Waals surface area contributed by atoms with Crippen molar-refractivity contribution in [2.24, 2.45) is 0 Å². The molecule has 0 saturated carbocycles. The van der Waals surface area contributed by atoms with Crippen LogP contribution < -0.4 is 15.8 Å². The molecular weight excluding hydrogens is 542 g/mol. The fourth-order valence-electron chi connectivity index (χ4n) is 3.35. The Balaban J connectivity index is 1.45. The highest BCUT2D eigenvalue weighted by atomic mass is 32.2. The Morgan fingerprint density at radius 2 is 1.81 bits per heavy atom. The highest BCUT2D eigenvalue weighted by Crippen LogP contribution is 2.36. The van der Waals surface area contributed by atoms with Gasteiger partial charge in [-0.2, -0.15) is 35.7 Å². The van der Waals surface area contributed by atoms with Crippen molar-refractivity contribution in [3.8, 4) is 0 Å². The van der Waals surface area contributed by atoms with Crippen LogP contribution in [-0.4, -0.2) is 79.1 Å². The highest BCUT2D eigenvalue weighted by Gasteiger charge is 2.38. The predicted molar refractivity (Wildman–Crippen MR) is 118 cm³/mol. The summed E-state index contributed by atoms with van der Waals surface area (Å²) in [7, 11) is -3.74. The lowest BCUT2D eigenvalue weighted by molar-refractivity contribution is -0.138. The Morgan fingerprint density at radius 3 is 2.39 bits per heavy atom. The monoisotopic (exact) mass is 564 g/mol. The minimum atomic E-state index is -4.91. The molecule has 202 valence electrons. The van der Waals surface area contributed by atoms with Gasteiger partial charge in [-0.3, -0.25) is 4.79 Å². The molecule has 0 spiro atoms. The van der Waals surface area contributed by atoms with Crippen molar-refractivity contribution in [1.29, 1.82) is 0 Å². The van der Waals surface area contributed by atoms with E-state index in [1.807, 2.05) is 0 Å². The molecule has 2 N–H and O–H groups in total. The molecule has 1 saturated heterocycles. The van der Waals surface area contributed by atoms with E-state index in [1.54, 1.807) is 10.00 Å². The first-order valence-corrected chi connectivity index (χ1v) is 12.9. The third-order valence-corrected chi connectivity index (χ3v) is 8.01. The lowest BCUT2D eigenvalue weighted by Crippen LogP contribution is -2.49. The Kier molecular flexibility index (Phi) is 8.51. The van der Waals surface area contributed by atoms with Crippen LogP contribution in [0.1, 0.15) is 17.4 Å². The molecule has 0 radical (unpaired) electrons. The molecule has 0 unspecified atom stereocenters. The van der Waals surface area contributed by atoms with Crippen molar-refractivity contribution in [1.82, 2.24) is 19.5 Å². The molecule has 3 rings (SSSR count). The predicted octanol–water partition coefficient (Wildman–Crippen LogP) is 2.23. The molecule has 10 nitrogen and oxygen atoms in total. The van der Waals surface area contributed by atoms with Gasteiger partial charge in [-0.15, -0.1) is 0 Å². The fraction of sp³-hybridized carbons (Fsp3) is 0.611. The van der Waals surface area contributed by atoms with E-state index in [0.717, 1.165) is 12.4 Å². The van der Waals surface area contributed by atoms with Gasteiger partial charge >= 0.3 is 12.4 Å². The topological polar surface area (TPSA) is 121 Å². The smallest absolute Gasteiger partial charge is 0.378 e. The van der Waals surface area contributed by atoms with Gasteiger partial charge in [0.05, 0.1) is 37.0 Å². The molecule has 1 aliphatic heterocycles. The van der Waals surface area contributed by atoms with Crippen LogP contribution in [0.25, 0.3) is 0 Å². The quantitative estimate of drug-likeness (QED) is 0.352. The Labute approximate surface area is 205 Å². The summed E-state index contributed by atoms with van der Waals surface area (Å²) in [6, 6.07) is -0.708. The van der Waals surface area contributed by atoms with Gasteiger partial charge in [0.1, 0.15) is 10.4 Å². The van der Waals surface area contributed by atoms with Gasteiger partial charge in [0, 0.05) is 32.2 Å². The summed E-state index contributed by atoms with van der Waals surface area (Å²) in [5.74, 6) is -0.393. The van der Waals surface area contributed by atoms with Crippen LogP contribution in [0, 0.1) is 0 Å². The third kappa shape index (κ3) is 7.07. The van der Waals surface area contributed by atoms with Crippen molar-refractivity contribution in [3.63, 3.8) is 0 Å². The van der Waals surface area contributed by atoms with E-state index in [2.05, 4.69) is 15.4 Å². The van der Waals surface area contributed by atoms with Crippen LogP contribution >= 0.6 is 11.3 Å². The number of aromatic amines is 1. The van der Waals surface area contributed by atoms with E-state index < -0.39 is 55.9 Å². The van der Waals surface area contributed by atoms with Crippen molar-refractivity contribution in [3.05, 3.63) is 33.2 Å². The minimum absolute atomic E-state index is 0.0526. The van der Waals surface area contributed by atoms with Gasteiger partial charge in [-0.25, -0.2) is 18.5 Å². The molecule has 3 heterocycles. The molecule has 18 heteroatoms. The number of alkyl halides is 6. The van der Waals surface area contributed by atoms with Crippen molar-refractivity contribution in [2.45, 2.75) is 25.3 Å². The first-order chi connectivity index (χ1) is 16.7. The number of hydrogen-bond acceptors (Lipinski definition) is 9. The molecule has 36 heavy (non-hydrogen) atoms. The van der Waals surface area contributed by atoms with E-state index in [9.17, 15) is 39.6 Å². The number of piperazine rings is 1. The zero-order valence-electron chi connectivity index (χ0n) is 18.7. The second kappa shape index (κ2) is 10.9. The van der Waals surface area contributed by atoms with Gasteiger partial charge in [0.2, 0.25) is 10.0 Å². The summed E-state index contributed by atoms with van der Waals surface area (Å²) < 4.78 is 109. The van der Waals surface area contributed by atoms with Gasteiger partial charge < -0.3 is 15.0 Å². The highest BCUT2D eigenvalue weighted by molar-refractivity contribution is 7.89. The van der Waals surface area contributed by atoms with Crippen molar-refractivity contribution >= 4 is 32.2 Å². The van der Waals surface area contributed by atoms with E-state index in [4.69, 9.17) is 4.74 Å². The van der Waals surface area contributed by atoms with Crippen LogP contribution in [0.2, 0.25) is 0 Å². The Hall–Kier alpha value is -2.44. The Morgan fingerprint density at radius 1 is 1.14 bits per heavy atom. The number of sulfonamides is 1. The number of anilines is 2. The number of nitrogens with zero attached hydrogens (tertiary/aromatic N) is 4. The summed E-state index contributed by atoms with van der Waals surface area (Å²) in [6.07, 6.45) is -7.84. The molecule has 0 aromatic carbocycles. The van der Waals surface area contributed by atoms with Crippen LogP contribution in [0.4, 0.5) is 37.2 Å². The number of halogens is 6. The molecule has 1 aliphatic rings. The van der Waals surface area contributed by atoms with Gasteiger partial charge in [0.15, 0.2) is 5.13 Å². The summed E-state index contributed by atoms with van der Waals surface area (Å²) in [6.45, 7) is 1.52. The van der Waals surface area contributed by atoms with E-state index >= 15 is 0 Å². The lowest BCUT2D eigenvalue weighted by Gasteiger charge is -2.33. The summed E-state index contributed by atoms with van der Waals surface area (Å²) in [4.78, 5) is 16.0. The average Bonchev–Trinajstić information content (AvgIpc) is 3.27.